The minimum atomic E-state index is 0.110. The molecule has 0 saturated carbocycles. The fourth-order valence-corrected chi connectivity index (χ4v) is 1.28. The number of carbonyl (C=O) groups excluding carboxylic acids is 1. The Hall–Kier alpha value is -0.280. The van der Waals surface area contributed by atoms with Crippen molar-refractivity contribution < 1.29 is 9.53 Å². The van der Waals surface area contributed by atoms with Crippen molar-refractivity contribution in [2.24, 2.45) is 0 Å². The Morgan fingerprint density at radius 3 is 2.79 bits per heavy atom. The average molecular weight is 222 g/mol. The van der Waals surface area contributed by atoms with Gasteiger partial charge in [0.2, 0.25) is 5.91 Å². The molecule has 1 amide bonds. The van der Waals surface area contributed by atoms with Crippen LogP contribution in [0, 0.1) is 0 Å². The lowest BCUT2D eigenvalue weighted by atomic mass is 10.2. The van der Waals surface area contributed by atoms with Gasteiger partial charge in [0.1, 0.15) is 0 Å². The Morgan fingerprint density at radius 2 is 2.21 bits per heavy atom. The number of hydrogen-bond donors (Lipinski definition) is 1. The van der Waals surface area contributed by atoms with Crippen LogP contribution in [0.15, 0.2) is 0 Å². The van der Waals surface area contributed by atoms with Gasteiger partial charge in [0.25, 0.3) is 0 Å². The predicted molar refractivity (Wildman–Crippen MR) is 58.7 cm³/mol. The SMILES string of the molecule is COCCC(C)NC(=O)CCCCCl. The molecular formula is C10H20ClNO2. The molecule has 0 aromatic rings. The van der Waals surface area contributed by atoms with Crippen molar-refractivity contribution in [3.63, 3.8) is 0 Å². The van der Waals surface area contributed by atoms with E-state index in [-0.39, 0.29) is 11.9 Å². The number of rotatable bonds is 8. The number of methoxy groups -OCH3 is 1. The van der Waals surface area contributed by atoms with Gasteiger partial charge in [0.15, 0.2) is 0 Å². The minimum absolute atomic E-state index is 0.110. The third-order valence-electron chi connectivity index (χ3n) is 1.95. The van der Waals surface area contributed by atoms with Crippen LogP contribution in [-0.2, 0) is 9.53 Å². The second-order valence-corrected chi connectivity index (χ2v) is 3.77. The number of hydrogen-bond acceptors (Lipinski definition) is 2. The van der Waals surface area contributed by atoms with E-state index in [0.717, 1.165) is 19.3 Å². The van der Waals surface area contributed by atoms with E-state index in [0.29, 0.717) is 18.9 Å². The standard InChI is InChI=1S/C10H20ClNO2/c1-9(6-8-14-2)12-10(13)5-3-4-7-11/h9H,3-8H2,1-2H3,(H,12,13). The van der Waals surface area contributed by atoms with Crippen molar-refractivity contribution in [1.29, 1.82) is 0 Å². The highest BCUT2D eigenvalue weighted by Gasteiger charge is 2.06. The number of amides is 1. The number of carbonyl (C=O) groups is 1. The molecule has 0 rings (SSSR count). The molecule has 0 heterocycles. The fourth-order valence-electron chi connectivity index (χ4n) is 1.09. The maximum absolute atomic E-state index is 11.3. The first-order valence-electron chi connectivity index (χ1n) is 5.05. The summed E-state index contributed by atoms with van der Waals surface area (Å²) in [5.41, 5.74) is 0. The highest BCUT2D eigenvalue weighted by Crippen LogP contribution is 1.98. The van der Waals surface area contributed by atoms with Crippen LogP contribution >= 0.6 is 11.6 Å². The van der Waals surface area contributed by atoms with E-state index in [2.05, 4.69) is 5.32 Å². The topological polar surface area (TPSA) is 38.3 Å². The van der Waals surface area contributed by atoms with E-state index < -0.39 is 0 Å². The third kappa shape index (κ3) is 8.32. The molecule has 3 nitrogen and oxygen atoms in total. The molecule has 4 heteroatoms. The van der Waals surface area contributed by atoms with Crippen LogP contribution in [0.3, 0.4) is 0 Å². The molecule has 1 unspecified atom stereocenters. The molecule has 0 saturated heterocycles. The number of ether oxygens (including phenoxy) is 1. The Kier molecular flexibility index (Phi) is 9.10. The van der Waals surface area contributed by atoms with E-state index in [1.165, 1.54) is 0 Å². The summed E-state index contributed by atoms with van der Waals surface area (Å²) in [7, 11) is 1.66. The van der Waals surface area contributed by atoms with Gasteiger partial charge in [-0.15, -0.1) is 11.6 Å². The molecule has 0 aromatic carbocycles. The van der Waals surface area contributed by atoms with Crippen LogP contribution < -0.4 is 5.32 Å². The number of unbranched alkanes of at least 4 members (excludes halogenated alkanes) is 1. The van der Waals surface area contributed by atoms with Gasteiger partial charge in [-0.05, 0) is 26.2 Å². The maximum Gasteiger partial charge on any atom is 0.220 e. The summed E-state index contributed by atoms with van der Waals surface area (Å²) in [6.07, 6.45) is 3.20. The van der Waals surface area contributed by atoms with Gasteiger partial charge in [-0.3, -0.25) is 4.79 Å². The van der Waals surface area contributed by atoms with Crippen LogP contribution in [0.1, 0.15) is 32.6 Å². The summed E-state index contributed by atoms with van der Waals surface area (Å²) in [4.78, 5) is 11.3. The van der Waals surface area contributed by atoms with E-state index in [9.17, 15) is 4.79 Å². The van der Waals surface area contributed by atoms with Gasteiger partial charge >= 0.3 is 0 Å². The quantitative estimate of drug-likeness (QED) is 0.503. The lowest BCUT2D eigenvalue weighted by Crippen LogP contribution is -2.33. The Bertz CT molecular complexity index is 153. The Labute approximate surface area is 91.2 Å². The van der Waals surface area contributed by atoms with Crippen molar-refractivity contribution in [2.75, 3.05) is 19.6 Å². The molecular weight excluding hydrogens is 202 g/mol. The molecule has 84 valence electrons. The zero-order chi connectivity index (χ0) is 10.8. The van der Waals surface area contributed by atoms with Crippen LogP contribution in [0.2, 0.25) is 0 Å². The van der Waals surface area contributed by atoms with Crippen LogP contribution in [0.4, 0.5) is 0 Å². The van der Waals surface area contributed by atoms with E-state index in [1.807, 2.05) is 6.92 Å². The van der Waals surface area contributed by atoms with Gasteiger partial charge in [-0.1, -0.05) is 0 Å². The number of alkyl halides is 1. The molecule has 1 N–H and O–H groups in total. The Morgan fingerprint density at radius 1 is 1.50 bits per heavy atom. The van der Waals surface area contributed by atoms with Crippen molar-refractivity contribution in [3.05, 3.63) is 0 Å². The summed E-state index contributed by atoms with van der Waals surface area (Å²) < 4.78 is 4.92. The maximum atomic E-state index is 11.3. The van der Waals surface area contributed by atoms with E-state index >= 15 is 0 Å². The zero-order valence-corrected chi connectivity index (χ0v) is 9.77. The fraction of sp³-hybridized carbons (Fsp3) is 0.900. The van der Waals surface area contributed by atoms with E-state index in [4.69, 9.17) is 16.3 Å². The first kappa shape index (κ1) is 13.7. The molecule has 0 bridgehead atoms. The summed E-state index contributed by atoms with van der Waals surface area (Å²) in [5, 5.41) is 2.91. The highest BCUT2D eigenvalue weighted by atomic mass is 35.5. The molecule has 14 heavy (non-hydrogen) atoms. The minimum Gasteiger partial charge on any atom is -0.385 e. The molecule has 0 aromatic heterocycles. The molecule has 0 aliphatic carbocycles. The summed E-state index contributed by atoms with van der Waals surface area (Å²) in [6.45, 7) is 2.67. The molecule has 0 radical (unpaired) electrons. The van der Waals surface area contributed by atoms with Gasteiger partial charge in [0.05, 0.1) is 0 Å². The smallest absolute Gasteiger partial charge is 0.220 e. The van der Waals surface area contributed by atoms with Crippen molar-refractivity contribution in [3.8, 4) is 0 Å². The second-order valence-electron chi connectivity index (χ2n) is 3.40. The first-order chi connectivity index (χ1) is 6.70. The Balaban J connectivity index is 3.40. The highest BCUT2D eigenvalue weighted by molar-refractivity contribution is 6.17. The first-order valence-corrected chi connectivity index (χ1v) is 5.58. The van der Waals surface area contributed by atoms with E-state index in [1.54, 1.807) is 7.11 Å². The van der Waals surface area contributed by atoms with Gasteiger partial charge in [0, 0.05) is 32.1 Å². The monoisotopic (exact) mass is 221 g/mol. The molecule has 0 aliphatic rings. The van der Waals surface area contributed by atoms with Gasteiger partial charge in [-0.25, -0.2) is 0 Å². The third-order valence-corrected chi connectivity index (χ3v) is 2.22. The number of nitrogens with one attached hydrogen (secondary N) is 1. The largest absolute Gasteiger partial charge is 0.385 e. The normalized spacial score (nSPS) is 12.5. The lowest BCUT2D eigenvalue weighted by Gasteiger charge is -2.12. The molecule has 0 spiro atoms. The van der Waals surface area contributed by atoms with Crippen molar-refractivity contribution in [1.82, 2.24) is 5.32 Å². The summed E-state index contributed by atoms with van der Waals surface area (Å²) >= 11 is 5.51. The van der Waals surface area contributed by atoms with Crippen LogP contribution in [0.25, 0.3) is 0 Å². The summed E-state index contributed by atoms with van der Waals surface area (Å²) in [5.74, 6) is 0.741. The van der Waals surface area contributed by atoms with Gasteiger partial charge in [-0.2, -0.15) is 0 Å². The average Bonchev–Trinajstić information content (AvgIpc) is 2.15. The van der Waals surface area contributed by atoms with Crippen molar-refractivity contribution in [2.45, 2.75) is 38.6 Å². The van der Waals surface area contributed by atoms with Gasteiger partial charge < -0.3 is 10.1 Å². The second kappa shape index (κ2) is 9.28. The predicted octanol–water partition coefficient (Wildman–Crippen LogP) is 1.94. The lowest BCUT2D eigenvalue weighted by molar-refractivity contribution is -0.121. The summed E-state index contributed by atoms with van der Waals surface area (Å²) in [6, 6.07) is 0.193. The molecule has 0 fully saturated rings. The molecule has 0 aliphatic heterocycles. The number of halogens is 1. The zero-order valence-electron chi connectivity index (χ0n) is 9.01. The van der Waals surface area contributed by atoms with Crippen LogP contribution in [0.5, 0.6) is 0 Å². The van der Waals surface area contributed by atoms with Crippen LogP contribution in [-0.4, -0.2) is 31.5 Å². The van der Waals surface area contributed by atoms with Crippen molar-refractivity contribution >= 4 is 17.5 Å². The molecule has 1 atom stereocenters.